The molecule has 0 aliphatic heterocycles. The van der Waals surface area contributed by atoms with Crippen LogP contribution in [0.3, 0.4) is 0 Å². The van der Waals surface area contributed by atoms with E-state index in [4.69, 9.17) is 17.3 Å². The van der Waals surface area contributed by atoms with Gasteiger partial charge in [-0.1, -0.05) is 30.5 Å². The van der Waals surface area contributed by atoms with E-state index in [1.165, 1.54) is 12.1 Å². The first-order valence-electron chi connectivity index (χ1n) is 6.50. The van der Waals surface area contributed by atoms with Crippen LogP contribution < -0.4 is 11.1 Å². The maximum Gasteiger partial charge on any atom is 0.227 e. The lowest BCUT2D eigenvalue weighted by atomic mass is 9.85. The van der Waals surface area contributed by atoms with Crippen molar-refractivity contribution in [3.63, 3.8) is 0 Å². The number of nitrogens with one attached hydrogen (secondary N) is 1. The van der Waals surface area contributed by atoms with Gasteiger partial charge in [-0.2, -0.15) is 0 Å². The molecule has 1 fully saturated rings. The molecule has 1 saturated carbocycles. The zero-order valence-electron chi connectivity index (χ0n) is 11.1. The van der Waals surface area contributed by atoms with Crippen LogP contribution in [0.5, 0.6) is 0 Å². The average Bonchev–Trinajstić information content (AvgIpc) is 2.90. The molecule has 1 aromatic rings. The van der Waals surface area contributed by atoms with Crippen LogP contribution in [0.1, 0.15) is 31.2 Å². The highest BCUT2D eigenvalue weighted by molar-refractivity contribution is 6.30. The lowest BCUT2D eigenvalue weighted by molar-refractivity contribution is -0.130. The van der Waals surface area contributed by atoms with Crippen molar-refractivity contribution in [1.29, 1.82) is 0 Å². The third kappa shape index (κ3) is 3.62. The van der Waals surface area contributed by atoms with Gasteiger partial charge in [-0.15, -0.1) is 12.4 Å². The maximum absolute atomic E-state index is 13.0. The van der Waals surface area contributed by atoms with Gasteiger partial charge in [0, 0.05) is 13.1 Å². The molecule has 1 aromatic carbocycles. The van der Waals surface area contributed by atoms with Crippen molar-refractivity contribution >= 4 is 29.9 Å². The zero-order valence-corrected chi connectivity index (χ0v) is 12.7. The molecule has 0 heterocycles. The van der Waals surface area contributed by atoms with E-state index in [1.807, 2.05) is 0 Å². The van der Waals surface area contributed by atoms with Crippen molar-refractivity contribution < 1.29 is 9.18 Å². The van der Waals surface area contributed by atoms with Gasteiger partial charge in [0.25, 0.3) is 0 Å². The molecule has 1 amide bonds. The van der Waals surface area contributed by atoms with Crippen LogP contribution in [0.2, 0.25) is 5.02 Å². The van der Waals surface area contributed by atoms with Crippen LogP contribution >= 0.6 is 24.0 Å². The van der Waals surface area contributed by atoms with Gasteiger partial charge in [0.15, 0.2) is 0 Å². The number of halogens is 3. The number of amides is 1. The largest absolute Gasteiger partial charge is 0.352 e. The minimum atomic E-state index is -0.453. The minimum Gasteiger partial charge on any atom is -0.352 e. The Kier molecular flexibility index (Phi) is 6.24. The summed E-state index contributed by atoms with van der Waals surface area (Å²) in [7, 11) is 0. The predicted octanol–water partition coefficient (Wildman–Crippen LogP) is 3.04. The van der Waals surface area contributed by atoms with Crippen molar-refractivity contribution in [2.24, 2.45) is 11.1 Å². The van der Waals surface area contributed by atoms with Gasteiger partial charge in [-0.05, 0) is 30.5 Å². The smallest absolute Gasteiger partial charge is 0.227 e. The topological polar surface area (TPSA) is 55.1 Å². The van der Waals surface area contributed by atoms with Gasteiger partial charge < -0.3 is 11.1 Å². The third-order valence-corrected chi connectivity index (χ3v) is 4.16. The van der Waals surface area contributed by atoms with Gasteiger partial charge in [0.05, 0.1) is 10.4 Å². The Hall–Kier alpha value is -0.840. The molecule has 0 unspecified atom stereocenters. The Bertz CT molecular complexity index is 476. The summed E-state index contributed by atoms with van der Waals surface area (Å²) >= 11 is 5.70. The Morgan fingerprint density at radius 1 is 1.40 bits per heavy atom. The van der Waals surface area contributed by atoms with Crippen molar-refractivity contribution in [2.75, 3.05) is 6.54 Å². The number of hydrogen-bond acceptors (Lipinski definition) is 2. The van der Waals surface area contributed by atoms with E-state index in [0.717, 1.165) is 31.2 Å². The Balaban J connectivity index is 0.00000200. The van der Waals surface area contributed by atoms with Gasteiger partial charge in [0.2, 0.25) is 5.91 Å². The Morgan fingerprint density at radius 2 is 2.05 bits per heavy atom. The summed E-state index contributed by atoms with van der Waals surface area (Å²) in [5.74, 6) is -0.459. The van der Waals surface area contributed by atoms with Crippen molar-refractivity contribution in [2.45, 2.75) is 32.2 Å². The van der Waals surface area contributed by atoms with Gasteiger partial charge in [-0.25, -0.2) is 4.39 Å². The maximum atomic E-state index is 13.0. The molecule has 1 aliphatic carbocycles. The van der Waals surface area contributed by atoms with Crippen LogP contribution in [0, 0.1) is 11.2 Å². The Morgan fingerprint density at radius 3 is 2.60 bits per heavy atom. The highest BCUT2D eigenvalue weighted by Crippen LogP contribution is 2.37. The second-order valence-corrected chi connectivity index (χ2v) is 5.53. The number of benzene rings is 1. The van der Waals surface area contributed by atoms with E-state index in [2.05, 4.69) is 5.32 Å². The molecular formula is C14H19Cl2FN2O. The SMILES string of the molecule is Cl.NCC1(C(=O)NCc2ccc(F)c(Cl)c2)CCCC1. The third-order valence-electron chi connectivity index (χ3n) is 3.87. The summed E-state index contributed by atoms with van der Waals surface area (Å²) in [6, 6.07) is 4.45. The molecule has 0 aromatic heterocycles. The second-order valence-electron chi connectivity index (χ2n) is 5.12. The monoisotopic (exact) mass is 320 g/mol. The first-order valence-corrected chi connectivity index (χ1v) is 6.87. The summed E-state index contributed by atoms with van der Waals surface area (Å²) < 4.78 is 13.0. The number of carbonyl (C=O) groups excluding carboxylic acids is 1. The van der Waals surface area contributed by atoms with E-state index < -0.39 is 11.2 Å². The molecule has 1 aliphatic rings. The van der Waals surface area contributed by atoms with Crippen LogP contribution in [0.25, 0.3) is 0 Å². The fourth-order valence-electron chi connectivity index (χ4n) is 2.60. The molecule has 3 N–H and O–H groups in total. The molecule has 3 nitrogen and oxygen atoms in total. The summed E-state index contributed by atoms with van der Waals surface area (Å²) in [6.45, 7) is 0.726. The number of carbonyl (C=O) groups is 1. The summed E-state index contributed by atoms with van der Waals surface area (Å²) in [5, 5.41) is 2.95. The van der Waals surface area contributed by atoms with E-state index in [9.17, 15) is 9.18 Å². The van der Waals surface area contributed by atoms with E-state index in [0.29, 0.717) is 13.1 Å². The Labute approximate surface area is 129 Å². The molecule has 6 heteroatoms. The molecule has 0 radical (unpaired) electrons. The van der Waals surface area contributed by atoms with E-state index >= 15 is 0 Å². The van der Waals surface area contributed by atoms with Gasteiger partial charge >= 0.3 is 0 Å². The van der Waals surface area contributed by atoms with Gasteiger partial charge in [0.1, 0.15) is 5.82 Å². The van der Waals surface area contributed by atoms with Gasteiger partial charge in [-0.3, -0.25) is 4.79 Å². The van der Waals surface area contributed by atoms with Crippen LogP contribution in [-0.2, 0) is 11.3 Å². The van der Waals surface area contributed by atoms with Crippen molar-refractivity contribution in [3.8, 4) is 0 Å². The zero-order chi connectivity index (χ0) is 13.9. The highest BCUT2D eigenvalue weighted by atomic mass is 35.5. The molecule has 0 atom stereocenters. The lowest BCUT2D eigenvalue weighted by Crippen LogP contribution is -2.43. The minimum absolute atomic E-state index is 0. The predicted molar refractivity (Wildman–Crippen MR) is 80.5 cm³/mol. The molecule has 0 saturated heterocycles. The summed E-state index contributed by atoms with van der Waals surface area (Å²) in [5.41, 5.74) is 6.12. The lowest BCUT2D eigenvalue weighted by Gasteiger charge is -2.25. The molecule has 20 heavy (non-hydrogen) atoms. The van der Waals surface area contributed by atoms with Crippen LogP contribution in [-0.4, -0.2) is 12.5 Å². The summed E-state index contributed by atoms with van der Waals surface area (Å²) in [6.07, 6.45) is 3.79. The van der Waals surface area contributed by atoms with Crippen molar-refractivity contribution in [3.05, 3.63) is 34.6 Å². The van der Waals surface area contributed by atoms with Crippen molar-refractivity contribution in [1.82, 2.24) is 5.32 Å². The van der Waals surface area contributed by atoms with Crippen LogP contribution in [0.4, 0.5) is 4.39 Å². The quantitative estimate of drug-likeness (QED) is 0.895. The normalized spacial score (nSPS) is 16.6. The molecule has 2 rings (SSSR count). The first-order chi connectivity index (χ1) is 9.07. The molecular weight excluding hydrogens is 302 g/mol. The summed E-state index contributed by atoms with van der Waals surface area (Å²) in [4.78, 5) is 12.2. The standard InChI is InChI=1S/C14H18ClFN2O.ClH/c15-11-7-10(3-4-12(11)16)8-18-13(19)14(9-17)5-1-2-6-14;/h3-4,7H,1-2,5-6,8-9,17H2,(H,18,19);1H. The highest BCUT2D eigenvalue weighted by Gasteiger charge is 2.39. The first kappa shape index (κ1) is 17.2. The fourth-order valence-corrected chi connectivity index (χ4v) is 2.80. The number of nitrogens with two attached hydrogens (primary N) is 1. The number of hydrogen-bond donors (Lipinski definition) is 2. The number of rotatable bonds is 4. The average molecular weight is 321 g/mol. The van der Waals surface area contributed by atoms with Crippen LogP contribution in [0.15, 0.2) is 18.2 Å². The fraction of sp³-hybridized carbons (Fsp3) is 0.500. The van der Waals surface area contributed by atoms with E-state index in [1.54, 1.807) is 6.07 Å². The second kappa shape index (κ2) is 7.25. The molecule has 0 bridgehead atoms. The van der Waals surface area contributed by atoms with E-state index in [-0.39, 0.29) is 23.3 Å². The molecule has 112 valence electrons. The molecule has 0 spiro atoms.